The van der Waals surface area contributed by atoms with Gasteiger partial charge in [0.1, 0.15) is 28.7 Å². The Bertz CT molecular complexity index is 1250. The number of benzene rings is 1. The minimum atomic E-state index is -2.65. The molecule has 0 saturated heterocycles. The van der Waals surface area contributed by atoms with E-state index in [0.717, 1.165) is 6.07 Å². The maximum Gasteiger partial charge on any atom is 0.255 e. The Kier molecular flexibility index (Phi) is 6.12. The zero-order valence-electron chi connectivity index (χ0n) is 20.2. The van der Waals surface area contributed by atoms with E-state index in [4.69, 9.17) is 5.73 Å². The Labute approximate surface area is 206 Å². The molecule has 10 nitrogen and oxygen atoms in total. The van der Waals surface area contributed by atoms with Crippen LogP contribution in [0.2, 0.25) is 0 Å². The minimum Gasteiger partial charge on any atom is -0.511 e. The molecular weight excluding hydrogens is 473 g/mol. The molecule has 1 aromatic carbocycles. The Morgan fingerprint density at radius 1 is 1.19 bits per heavy atom. The largest absolute Gasteiger partial charge is 0.511 e. The van der Waals surface area contributed by atoms with Gasteiger partial charge in [-0.1, -0.05) is 0 Å². The summed E-state index contributed by atoms with van der Waals surface area (Å²) in [6.45, 7) is 6.73. The molecule has 3 aliphatic carbocycles. The highest BCUT2D eigenvalue weighted by atomic mass is 19.1. The number of anilines is 1. The first-order valence-electron chi connectivity index (χ1n) is 11.7. The fourth-order valence-corrected chi connectivity index (χ4v) is 5.41. The van der Waals surface area contributed by atoms with Crippen LogP contribution in [0.5, 0.6) is 5.75 Å². The lowest BCUT2D eigenvalue weighted by atomic mass is 9.60. The summed E-state index contributed by atoms with van der Waals surface area (Å²) in [6.07, 6.45) is -0.476. The predicted molar refractivity (Wildman–Crippen MR) is 127 cm³/mol. The van der Waals surface area contributed by atoms with Crippen LogP contribution in [0.15, 0.2) is 28.7 Å². The second-order valence-electron chi connectivity index (χ2n) is 10.6. The van der Waals surface area contributed by atoms with Crippen LogP contribution in [0.4, 0.5) is 10.1 Å². The summed E-state index contributed by atoms with van der Waals surface area (Å²) in [5, 5.41) is 49.4. The second kappa shape index (κ2) is 8.59. The van der Waals surface area contributed by atoms with Crippen LogP contribution in [0, 0.1) is 17.7 Å². The number of carbonyl (C=O) groups is 3. The standard InChI is InChI=1S/C25H30FN3O7/c1-24(2,3)29-5-4-28-14-9-13(26)12-7-10-6-11-8-15(30)18(23(27)35)22(34)25(11,36)21(33)16(10)20(32)17(12)19(14)31/h9-11,28-31,33,36H,4-8H2,1-3H3,(H2,27,35)/t10?,11-,25-/m0/s1. The van der Waals surface area contributed by atoms with Crippen LogP contribution >= 0.6 is 0 Å². The molecule has 0 radical (unpaired) electrons. The van der Waals surface area contributed by atoms with Gasteiger partial charge < -0.3 is 36.8 Å². The predicted octanol–water partition coefficient (Wildman–Crippen LogP) is 1.52. The van der Waals surface area contributed by atoms with E-state index in [1.165, 1.54) is 0 Å². The maximum atomic E-state index is 15.1. The SMILES string of the molecule is CC(C)(C)NCCNc1cc(F)c2c(c1O)C(=O)C1=C(O)[C@]3(O)C(=O)C(C(N)=O)=C(O)C[C@@H]3CC1C2. The number of amides is 1. The monoisotopic (exact) mass is 503 g/mol. The number of primary amides is 1. The number of ketones is 2. The van der Waals surface area contributed by atoms with Crippen molar-refractivity contribution in [2.75, 3.05) is 18.4 Å². The lowest BCUT2D eigenvalue weighted by Crippen LogP contribution is -2.57. The molecule has 1 aromatic rings. The number of carbonyl (C=O) groups excluding carboxylic acids is 3. The number of allylic oxidation sites excluding steroid dienone is 2. The van der Waals surface area contributed by atoms with Gasteiger partial charge in [-0.05, 0) is 39.5 Å². The van der Waals surface area contributed by atoms with Gasteiger partial charge in [0.05, 0.1) is 11.3 Å². The number of Topliss-reactive ketones (excluding diaryl/α,β-unsaturated/α-hetero) is 2. The molecule has 11 heteroatoms. The Balaban J connectivity index is 1.74. The molecule has 0 spiro atoms. The molecule has 0 bridgehead atoms. The second-order valence-corrected chi connectivity index (χ2v) is 10.6. The van der Waals surface area contributed by atoms with E-state index in [2.05, 4.69) is 10.6 Å². The molecular formula is C25H30FN3O7. The van der Waals surface area contributed by atoms with Crippen molar-refractivity contribution in [2.45, 2.75) is 51.2 Å². The number of aliphatic hydroxyl groups is 3. The molecule has 0 fully saturated rings. The fraction of sp³-hybridized carbons (Fsp3) is 0.480. The zero-order valence-corrected chi connectivity index (χ0v) is 20.2. The quantitative estimate of drug-likeness (QED) is 0.178. The van der Waals surface area contributed by atoms with Gasteiger partial charge >= 0.3 is 0 Å². The third-order valence-corrected chi connectivity index (χ3v) is 7.10. The average molecular weight is 504 g/mol. The minimum absolute atomic E-state index is 0.0149. The first-order valence-corrected chi connectivity index (χ1v) is 11.7. The van der Waals surface area contributed by atoms with Gasteiger partial charge in [0.15, 0.2) is 11.4 Å². The van der Waals surface area contributed by atoms with E-state index in [1.54, 1.807) is 0 Å². The zero-order chi connectivity index (χ0) is 26.7. The molecule has 0 aromatic heterocycles. The molecule has 1 amide bonds. The van der Waals surface area contributed by atoms with Crippen molar-refractivity contribution in [3.05, 3.63) is 45.7 Å². The van der Waals surface area contributed by atoms with E-state index in [1.807, 2.05) is 20.8 Å². The fourth-order valence-electron chi connectivity index (χ4n) is 5.41. The number of phenols is 1. The number of phenolic OH excluding ortho intramolecular Hbond substituents is 1. The molecule has 3 atom stereocenters. The number of aromatic hydroxyl groups is 1. The van der Waals surface area contributed by atoms with Gasteiger partial charge in [-0.2, -0.15) is 0 Å². The number of halogens is 1. The first kappa shape index (κ1) is 25.6. The van der Waals surface area contributed by atoms with Crippen LogP contribution in [-0.2, 0) is 16.0 Å². The number of hydrogen-bond donors (Lipinski definition) is 7. The average Bonchev–Trinajstić information content (AvgIpc) is 2.76. The van der Waals surface area contributed by atoms with Gasteiger partial charge in [-0.25, -0.2) is 4.39 Å². The number of nitrogens with one attached hydrogen (secondary N) is 2. The van der Waals surface area contributed by atoms with E-state index < -0.39 is 63.6 Å². The summed E-state index contributed by atoms with van der Waals surface area (Å²) in [5.41, 5.74) is 0.782. The molecule has 4 rings (SSSR count). The van der Waals surface area contributed by atoms with E-state index in [-0.39, 0.29) is 47.2 Å². The number of fused-ring (bicyclic) bond motifs is 3. The summed E-state index contributed by atoms with van der Waals surface area (Å²) in [6, 6.07) is 1.10. The molecule has 0 heterocycles. The van der Waals surface area contributed by atoms with E-state index in [0.29, 0.717) is 13.1 Å². The third kappa shape index (κ3) is 3.92. The Morgan fingerprint density at radius 2 is 1.86 bits per heavy atom. The maximum absolute atomic E-state index is 15.1. The lowest BCUT2D eigenvalue weighted by molar-refractivity contribution is -0.144. The number of aliphatic hydroxyl groups excluding tert-OH is 2. The van der Waals surface area contributed by atoms with Crippen LogP contribution in [0.3, 0.4) is 0 Å². The summed E-state index contributed by atoms with van der Waals surface area (Å²) in [7, 11) is 0. The van der Waals surface area contributed by atoms with E-state index >= 15 is 4.39 Å². The number of nitrogens with two attached hydrogens (primary N) is 1. The van der Waals surface area contributed by atoms with Crippen LogP contribution in [0.25, 0.3) is 0 Å². The summed E-state index contributed by atoms with van der Waals surface area (Å²) in [4.78, 5) is 38.2. The molecule has 194 valence electrons. The molecule has 36 heavy (non-hydrogen) atoms. The Hall–Kier alpha value is -3.44. The van der Waals surface area contributed by atoms with Gasteiger partial charge in [-0.3, -0.25) is 14.4 Å². The van der Waals surface area contributed by atoms with E-state index in [9.17, 15) is 34.8 Å². The summed E-state index contributed by atoms with van der Waals surface area (Å²) in [5.74, 6) is -8.16. The summed E-state index contributed by atoms with van der Waals surface area (Å²) >= 11 is 0. The molecule has 1 unspecified atom stereocenters. The van der Waals surface area contributed by atoms with Gasteiger partial charge in [0, 0.05) is 48.2 Å². The highest BCUT2D eigenvalue weighted by molar-refractivity contribution is 6.24. The van der Waals surface area contributed by atoms with Crippen molar-refractivity contribution in [1.29, 1.82) is 0 Å². The topological polar surface area (TPSA) is 182 Å². The van der Waals surface area contributed by atoms with Crippen molar-refractivity contribution >= 4 is 23.2 Å². The summed E-state index contributed by atoms with van der Waals surface area (Å²) < 4.78 is 15.1. The van der Waals surface area contributed by atoms with Gasteiger partial charge in [-0.15, -0.1) is 0 Å². The van der Waals surface area contributed by atoms with Gasteiger partial charge in [0.2, 0.25) is 5.78 Å². The third-order valence-electron chi connectivity index (χ3n) is 7.10. The van der Waals surface area contributed by atoms with Crippen LogP contribution in [-0.4, -0.2) is 62.1 Å². The molecule has 0 saturated carbocycles. The molecule has 8 N–H and O–H groups in total. The molecule has 0 aliphatic heterocycles. The van der Waals surface area contributed by atoms with Gasteiger partial charge in [0.25, 0.3) is 5.91 Å². The smallest absolute Gasteiger partial charge is 0.255 e. The van der Waals surface area contributed by atoms with Crippen molar-refractivity contribution in [3.8, 4) is 5.75 Å². The highest BCUT2D eigenvalue weighted by Gasteiger charge is 2.59. The number of rotatable bonds is 5. The van der Waals surface area contributed by atoms with Crippen molar-refractivity contribution in [2.24, 2.45) is 17.6 Å². The van der Waals surface area contributed by atoms with Crippen LogP contribution < -0.4 is 16.4 Å². The Morgan fingerprint density at radius 3 is 2.47 bits per heavy atom. The lowest BCUT2D eigenvalue weighted by Gasteiger charge is -2.45. The first-order chi connectivity index (χ1) is 16.7. The van der Waals surface area contributed by atoms with Crippen molar-refractivity contribution in [3.63, 3.8) is 0 Å². The van der Waals surface area contributed by atoms with Crippen molar-refractivity contribution < 1.29 is 39.2 Å². The van der Waals surface area contributed by atoms with Crippen molar-refractivity contribution in [1.82, 2.24) is 5.32 Å². The number of hydrogen-bond acceptors (Lipinski definition) is 9. The normalized spacial score (nSPS) is 25.9. The highest BCUT2D eigenvalue weighted by Crippen LogP contribution is 2.52. The molecule has 3 aliphatic rings. The van der Waals surface area contributed by atoms with Crippen LogP contribution in [0.1, 0.15) is 49.5 Å².